The Labute approximate surface area is 114 Å². The second kappa shape index (κ2) is 6.86. The summed E-state index contributed by atoms with van der Waals surface area (Å²) in [4.78, 5) is 25.0. The van der Waals surface area contributed by atoms with Crippen molar-refractivity contribution in [3.63, 3.8) is 0 Å². The summed E-state index contributed by atoms with van der Waals surface area (Å²) in [5.74, 6) is -0.268. The van der Waals surface area contributed by atoms with Crippen molar-refractivity contribution in [3.8, 4) is 0 Å². The maximum atomic E-state index is 12.2. The second-order valence-electron chi connectivity index (χ2n) is 5.61. The molecule has 0 aliphatic carbocycles. The third kappa shape index (κ3) is 4.47. The van der Waals surface area contributed by atoms with E-state index < -0.39 is 5.41 Å². The van der Waals surface area contributed by atoms with Crippen LogP contribution in [0.2, 0.25) is 0 Å². The van der Waals surface area contributed by atoms with Gasteiger partial charge in [0.05, 0.1) is 12.0 Å². The quantitative estimate of drug-likeness (QED) is 0.601. The largest absolute Gasteiger partial charge is 0.369 e. The highest BCUT2D eigenvalue weighted by molar-refractivity contribution is 5.82. The van der Waals surface area contributed by atoms with Crippen LogP contribution in [0.5, 0.6) is 0 Å². The van der Waals surface area contributed by atoms with Crippen LogP contribution in [0.3, 0.4) is 0 Å². The third-order valence-corrected chi connectivity index (χ3v) is 4.08. The Balaban J connectivity index is 2.40. The van der Waals surface area contributed by atoms with Crippen molar-refractivity contribution >= 4 is 11.8 Å². The number of piperidine rings is 1. The van der Waals surface area contributed by atoms with Gasteiger partial charge in [0, 0.05) is 25.7 Å². The van der Waals surface area contributed by atoms with E-state index >= 15 is 0 Å². The fraction of sp³-hybridized carbons (Fsp3) is 0.846. The van der Waals surface area contributed by atoms with E-state index in [1.807, 2.05) is 18.7 Å². The van der Waals surface area contributed by atoms with Gasteiger partial charge >= 0.3 is 0 Å². The van der Waals surface area contributed by atoms with Gasteiger partial charge in [-0.25, -0.2) is 0 Å². The van der Waals surface area contributed by atoms with Crippen LogP contribution in [-0.2, 0) is 9.59 Å². The number of hydrogen-bond acceptors (Lipinski definition) is 4. The molecule has 0 saturated carbocycles. The molecule has 0 aromatic carbocycles. The summed E-state index contributed by atoms with van der Waals surface area (Å²) in [6, 6.07) is 0.175. The van der Waals surface area contributed by atoms with Crippen LogP contribution in [0.25, 0.3) is 0 Å². The van der Waals surface area contributed by atoms with Crippen molar-refractivity contribution in [1.29, 1.82) is 0 Å². The Bertz CT molecular complexity index is 321. The van der Waals surface area contributed by atoms with E-state index in [4.69, 9.17) is 11.5 Å². The fourth-order valence-corrected chi connectivity index (χ4v) is 2.21. The average Bonchev–Trinajstić information content (AvgIpc) is 2.39. The molecule has 6 nitrogen and oxygen atoms in total. The van der Waals surface area contributed by atoms with Crippen molar-refractivity contribution in [2.75, 3.05) is 26.2 Å². The van der Waals surface area contributed by atoms with Gasteiger partial charge in [-0.15, -0.1) is 0 Å². The van der Waals surface area contributed by atoms with E-state index in [1.54, 1.807) is 0 Å². The molecule has 2 amide bonds. The summed E-state index contributed by atoms with van der Waals surface area (Å²) in [5.41, 5.74) is 10.4. The summed E-state index contributed by atoms with van der Waals surface area (Å²) in [6.07, 6.45) is 2.43. The van der Waals surface area contributed by atoms with Crippen LogP contribution in [0.15, 0.2) is 0 Å². The lowest BCUT2D eigenvalue weighted by Gasteiger charge is -2.34. The number of nitrogens with one attached hydrogen (secondary N) is 1. The number of rotatable bonds is 6. The molecule has 1 aliphatic rings. The second-order valence-corrected chi connectivity index (χ2v) is 5.61. The molecular formula is C13H26N4O2. The van der Waals surface area contributed by atoms with Gasteiger partial charge in [-0.05, 0) is 26.2 Å². The normalized spacial score (nSPS) is 20.8. The van der Waals surface area contributed by atoms with Gasteiger partial charge in [0.25, 0.3) is 0 Å². The standard InChI is InChI=1S/C13H26N4O2/c1-3-13(2,9-14)12(19)16-10-4-6-17(7-5-10)8-11(15)18/h10H,3-9,14H2,1-2H3,(H2,15,18)(H,16,19). The van der Waals surface area contributed by atoms with E-state index in [0.717, 1.165) is 32.4 Å². The molecule has 19 heavy (non-hydrogen) atoms. The van der Waals surface area contributed by atoms with Gasteiger partial charge in [0.15, 0.2) is 0 Å². The van der Waals surface area contributed by atoms with Crippen molar-refractivity contribution in [2.24, 2.45) is 16.9 Å². The lowest BCUT2D eigenvalue weighted by molar-refractivity contribution is -0.131. The number of nitrogens with zero attached hydrogens (tertiary/aromatic N) is 1. The van der Waals surface area contributed by atoms with Crippen LogP contribution >= 0.6 is 0 Å². The first kappa shape index (κ1) is 15.9. The fourth-order valence-electron chi connectivity index (χ4n) is 2.21. The monoisotopic (exact) mass is 270 g/mol. The molecule has 0 radical (unpaired) electrons. The van der Waals surface area contributed by atoms with Crippen molar-refractivity contribution in [1.82, 2.24) is 10.2 Å². The van der Waals surface area contributed by atoms with Crippen LogP contribution in [0, 0.1) is 5.41 Å². The first-order valence-electron chi connectivity index (χ1n) is 6.93. The van der Waals surface area contributed by atoms with E-state index in [1.165, 1.54) is 0 Å². The zero-order valence-electron chi connectivity index (χ0n) is 11.9. The van der Waals surface area contributed by atoms with Gasteiger partial charge < -0.3 is 16.8 Å². The molecule has 0 aromatic heterocycles. The van der Waals surface area contributed by atoms with E-state index in [9.17, 15) is 9.59 Å². The smallest absolute Gasteiger partial charge is 0.231 e. The highest BCUT2D eigenvalue weighted by Crippen LogP contribution is 2.20. The Morgan fingerprint density at radius 3 is 2.37 bits per heavy atom. The Kier molecular flexibility index (Phi) is 5.75. The maximum Gasteiger partial charge on any atom is 0.231 e. The Morgan fingerprint density at radius 1 is 1.37 bits per heavy atom. The number of carbonyl (C=O) groups is 2. The van der Waals surface area contributed by atoms with Crippen LogP contribution < -0.4 is 16.8 Å². The summed E-state index contributed by atoms with van der Waals surface area (Å²) >= 11 is 0. The molecule has 1 rings (SSSR count). The Morgan fingerprint density at radius 2 is 1.95 bits per heavy atom. The topological polar surface area (TPSA) is 101 Å². The predicted octanol–water partition coefficient (Wildman–Crippen LogP) is -0.573. The Hall–Kier alpha value is -1.14. The first-order chi connectivity index (χ1) is 8.91. The molecule has 1 heterocycles. The van der Waals surface area contributed by atoms with Crippen LogP contribution in [-0.4, -0.2) is 48.9 Å². The average molecular weight is 270 g/mol. The molecule has 5 N–H and O–H groups in total. The SMILES string of the molecule is CCC(C)(CN)C(=O)NC1CCN(CC(N)=O)CC1. The molecule has 0 spiro atoms. The summed E-state index contributed by atoms with van der Waals surface area (Å²) in [5, 5.41) is 3.07. The van der Waals surface area contributed by atoms with Gasteiger partial charge in [-0.1, -0.05) is 6.92 Å². The number of amides is 2. The van der Waals surface area contributed by atoms with E-state index in [-0.39, 0.29) is 17.9 Å². The van der Waals surface area contributed by atoms with Crippen molar-refractivity contribution in [3.05, 3.63) is 0 Å². The molecular weight excluding hydrogens is 244 g/mol. The number of likely N-dealkylation sites (tertiary alicyclic amines) is 1. The first-order valence-corrected chi connectivity index (χ1v) is 6.93. The molecule has 0 bridgehead atoms. The number of primary amides is 1. The van der Waals surface area contributed by atoms with E-state index in [2.05, 4.69) is 5.32 Å². The van der Waals surface area contributed by atoms with Gasteiger partial charge in [0.2, 0.25) is 11.8 Å². The summed E-state index contributed by atoms with van der Waals surface area (Å²) in [7, 11) is 0. The lowest BCUT2D eigenvalue weighted by atomic mass is 9.86. The van der Waals surface area contributed by atoms with E-state index in [0.29, 0.717) is 13.1 Å². The highest BCUT2D eigenvalue weighted by atomic mass is 16.2. The molecule has 1 saturated heterocycles. The third-order valence-electron chi connectivity index (χ3n) is 4.08. The molecule has 1 fully saturated rings. The van der Waals surface area contributed by atoms with Crippen LogP contribution in [0.4, 0.5) is 0 Å². The molecule has 6 heteroatoms. The molecule has 110 valence electrons. The highest BCUT2D eigenvalue weighted by Gasteiger charge is 2.32. The molecule has 1 atom stereocenters. The van der Waals surface area contributed by atoms with Gasteiger partial charge in [-0.2, -0.15) is 0 Å². The summed E-state index contributed by atoms with van der Waals surface area (Å²) < 4.78 is 0. The predicted molar refractivity (Wildman–Crippen MR) is 74.3 cm³/mol. The minimum Gasteiger partial charge on any atom is -0.369 e. The summed E-state index contributed by atoms with van der Waals surface area (Å²) in [6.45, 7) is 6.11. The lowest BCUT2D eigenvalue weighted by Crippen LogP contribution is -2.51. The van der Waals surface area contributed by atoms with Crippen molar-refractivity contribution in [2.45, 2.75) is 39.2 Å². The molecule has 1 unspecified atom stereocenters. The maximum absolute atomic E-state index is 12.2. The minimum absolute atomic E-state index is 0.0332. The zero-order chi connectivity index (χ0) is 14.5. The van der Waals surface area contributed by atoms with Gasteiger partial charge in [-0.3, -0.25) is 14.5 Å². The number of carbonyl (C=O) groups excluding carboxylic acids is 2. The van der Waals surface area contributed by atoms with Crippen LogP contribution in [0.1, 0.15) is 33.1 Å². The number of nitrogens with two attached hydrogens (primary N) is 2. The number of hydrogen-bond donors (Lipinski definition) is 3. The molecule has 0 aromatic rings. The van der Waals surface area contributed by atoms with Gasteiger partial charge in [0.1, 0.15) is 0 Å². The zero-order valence-corrected chi connectivity index (χ0v) is 11.9. The molecule has 1 aliphatic heterocycles. The minimum atomic E-state index is -0.482. The van der Waals surface area contributed by atoms with Crippen molar-refractivity contribution < 1.29 is 9.59 Å².